The number of imide groups is 1. The van der Waals surface area contributed by atoms with Crippen LogP contribution in [0.4, 0.5) is 0 Å². The lowest BCUT2D eigenvalue weighted by Crippen LogP contribution is -2.31. The molecule has 1 aromatic carbocycles. The third-order valence-electron chi connectivity index (χ3n) is 2.74. The molecule has 0 saturated carbocycles. The second kappa shape index (κ2) is 5.16. The van der Waals surface area contributed by atoms with Crippen LogP contribution in [0.2, 0.25) is 0 Å². The summed E-state index contributed by atoms with van der Waals surface area (Å²) in [5, 5.41) is 0. The van der Waals surface area contributed by atoms with E-state index in [0.29, 0.717) is 35.5 Å². The molecule has 2 rings (SSSR count). The fraction of sp³-hybridized carbons (Fsp3) is 0.250. The number of nitrogens with two attached hydrogens (primary N) is 1. The van der Waals surface area contributed by atoms with E-state index in [2.05, 4.69) is 15.9 Å². The van der Waals surface area contributed by atoms with Crippen LogP contribution in [0.3, 0.4) is 0 Å². The van der Waals surface area contributed by atoms with Crippen molar-refractivity contribution in [2.24, 2.45) is 5.73 Å². The number of halogens is 1. The third kappa shape index (κ3) is 2.44. The molecule has 2 N–H and O–H groups in total. The van der Waals surface area contributed by atoms with Gasteiger partial charge in [-0.1, -0.05) is 28.1 Å². The topological polar surface area (TPSA) is 63.4 Å². The van der Waals surface area contributed by atoms with E-state index in [-0.39, 0.29) is 11.8 Å². The van der Waals surface area contributed by atoms with Gasteiger partial charge in [-0.15, -0.1) is 0 Å². The van der Waals surface area contributed by atoms with E-state index in [9.17, 15) is 9.59 Å². The molecule has 6 heteroatoms. The fourth-order valence-electron chi connectivity index (χ4n) is 1.88. The second-order valence-electron chi connectivity index (χ2n) is 4.02. The zero-order chi connectivity index (χ0) is 13.3. The van der Waals surface area contributed by atoms with E-state index in [4.69, 9.17) is 18.0 Å². The number of carbonyl (C=O) groups excluding carboxylic acids is 2. The first kappa shape index (κ1) is 13.2. The Bertz CT molecular complexity index is 545. The van der Waals surface area contributed by atoms with Gasteiger partial charge in [0, 0.05) is 11.0 Å². The molecule has 0 aliphatic carbocycles. The summed E-state index contributed by atoms with van der Waals surface area (Å²) in [5.74, 6) is -0.496. The Hall–Kier alpha value is -1.27. The van der Waals surface area contributed by atoms with Crippen molar-refractivity contribution in [1.82, 2.24) is 4.90 Å². The number of hydrogen-bond acceptors (Lipinski definition) is 3. The van der Waals surface area contributed by atoms with E-state index < -0.39 is 0 Å². The van der Waals surface area contributed by atoms with Gasteiger partial charge < -0.3 is 5.73 Å². The maximum Gasteiger partial charge on any atom is 0.261 e. The lowest BCUT2D eigenvalue weighted by Gasteiger charge is -2.12. The first-order valence-corrected chi connectivity index (χ1v) is 6.65. The summed E-state index contributed by atoms with van der Waals surface area (Å²) < 4.78 is 0.785. The predicted molar refractivity (Wildman–Crippen MR) is 75.5 cm³/mol. The summed E-state index contributed by atoms with van der Waals surface area (Å²) in [6.07, 6.45) is 1.13. The molecular formula is C12H11BrN2O2S. The number of rotatable bonds is 4. The number of fused-ring (bicyclic) bond motifs is 1. The van der Waals surface area contributed by atoms with Gasteiger partial charge in [0.25, 0.3) is 11.8 Å². The van der Waals surface area contributed by atoms with Gasteiger partial charge in [-0.2, -0.15) is 0 Å². The molecule has 0 fully saturated rings. The Balaban J connectivity index is 2.15. The molecule has 1 heterocycles. The van der Waals surface area contributed by atoms with Gasteiger partial charge in [-0.05, 0) is 31.0 Å². The van der Waals surface area contributed by atoms with E-state index >= 15 is 0 Å². The van der Waals surface area contributed by atoms with Gasteiger partial charge in [0.05, 0.1) is 16.1 Å². The quantitative estimate of drug-likeness (QED) is 0.680. The van der Waals surface area contributed by atoms with Crippen LogP contribution in [0.1, 0.15) is 33.6 Å². The molecule has 0 aromatic heterocycles. The van der Waals surface area contributed by atoms with Gasteiger partial charge in [0.1, 0.15) is 0 Å². The molecule has 18 heavy (non-hydrogen) atoms. The van der Waals surface area contributed by atoms with Crippen LogP contribution in [0.25, 0.3) is 0 Å². The molecular weight excluding hydrogens is 316 g/mol. The summed E-state index contributed by atoms with van der Waals surface area (Å²) in [6, 6.07) is 5.08. The zero-order valence-corrected chi connectivity index (χ0v) is 11.9. The fourth-order valence-corrected chi connectivity index (χ4v) is 2.38. The molecule has 0 radical (unpaired) electrons. The van der Waals surface area contributed by atoms with Gasteiger partial charge in [-0.3, -0.25) is 14.5 Å². The van der Waals surface area contributed by atoms with Crippen molar-refractivity contribution in [2.75, 3.05) is 6.54 Å². The maximum absolute atomic E-state index is 12.1. The molecule has 0 bridgehead atoms. The molecule has 2 amide bonds. The third-order valence-corrected chi connectivity index (χ3v) is 3.44. The molecule has 1 aromatic rings. The number of benzene rings is 1. The van der Waals surface area contributed by atoms with E-state index in [0.717, 1.165) is 4.47 Å². The Morgan fingerprint density at radius 1 is 1.28 bits per heavy atom. The minimum Gasteiger partial charge on any atom is -0.393 e. The standard InChI is InChI=1S/C12H11BrN2O2S/c13-7-3-4-8-9(6-7)12(17)15(11(8)16)5-1-2-10(14)18/h3-4,6H,1-2,5H2,(H2,14,18). The SMILES string of the molecule is NC(=S)CCCN1C(=O)c2ccc(Br)cc2C1=O. The molecule has 4 nitrogen and oxygen atoms in total. The van der Waals surface area contributed by atoms with Crippen LogP contribution in [0.5, 0.6) is 0 Å². The van der Waals surface area contributed by atoms with Crippen molar-refractivity contribution in [3.63, 3.8) is 0 Å². The van der Waals surface area contributed by atoms with Crippen molar-refractivity contribution in [3.05, 3.63) is 33.8 Å². The first-order valence-electron chi connectivity index (χ1n) is 5.45. The average Bonchev–Trinajstić information content (AvgIpc) is 2.53. The monoisotopic (exact) mass is 326 g/mol. The highest BCUT2D eigenvalue weighted by molar-refractivity contribution is 9.10. The van der Waals surface area contributed by atoms with Crippen molar-refractivity contribution >= 4 is 45.0 Å². The molecule has 0 spiro atoms. The van der Waals surface area contributed by atoms with Crippen molar-refractivity contribution in [3.8, 4) is 0 Å². The summed E-state index contributed by atoms with van der Waals surface area (Å²) in [6.45, 7) is 0.349. The number of carbonyl (C=O) groups is 2. The van der Waals surface area contributed by atoms with E-state index in [1.165, 1.54) is 4.90 Å². The zero-order valence-electron chi connectivity index (χ0n) is 9.48. The van der Waals surface area contributed by atoms with Crippen molar-refractivity contribution in [2.45, 2.75) is 12.8 Å². The van der Waals surface area contributed by atoms with Gasteiger partial charge >= 0.3 is 0 Å². The molecule has 1 aliphatic heterocycles. The van der Waals surface area contributed by atoms with Crippen LogP contribution in [-0.4, -0.2) is 28.2 Å². The van der Waals surface area contributed by atoms with Crippen LogP contribution >= 0.6 is 28.1 Å². The van der Waals surface area contributed by atoms with E-state index in [1.807, 2.05) is 0 Å². The Labute approximate surface area is 118 Å². The van der Waals surface area contributed by atoms with Gasteiger partial charge in [0.15, 0.2) is 0 Å². The largest absolute Gasteiger partial charge is 0.393 e. The highest BCUT2D eigenvalue weighted by atomic mass is 79.9. The number of nitrogens with zero attached hydrogens (tertiary/aromatic N) is 1. The van der Waals surface area contributed by atoms with Gasteiger partial charge in [0.2, 0.25) is 0 Å². The molecule has 0 unspecified atom stereocenters. The highest BCUT2D eigenvalue weighted by Gasteiger charge is 2.34. The summed E-state index contributed by atoms with van der Waals surface area (Å²) in [7, 11) is 0. The smallest absolute Gasteiger partial charge is 0.261 e. The Kier molecular flexibility index (Phi) is 3.77. The average molecular weight is 327 g/mol. The van der Waals surface area contributed by atoms with Crippen LogP contribution in [0, 0.1) is 0 Å². The highest BCUT2D eigenvalue weighted by Crippen LogP contribution is 2.26. The lowest BCUT2D eigenvalue weighted by molar-refractivity contribution is 0.0653. The summed E-state index contributed by atoms with van der Waals surface area (Å²) in [5.41, 5.74) is 6.29. The van der Waals surface area contributed by atoms with Crippen LogP contribution in [0.15, 0.2) is 22.7 Å². The lowest BCUT2D eigenvalue weighted by atomic mass is 10.1. The molecule has 0 saturated heterocycles. The first-order chi connectivity index (χ1) is 8.50. The van der Waals surface area contributed by atoms with E-state index in [1.54, 1.807) is 18.2 Å². The predicted octanol–water partition coefficient (Wildman–Crippen LogP) is 2.11. The molecule has 94 valence electrons. The minimum atomic E-state index is -0.251. The minimum absolute atomic E-state index is 0.245. The molecule has 0 atom stereocenters. The molecule has 1 aliphatic rings. The van der Waals surface area contributed by atoms with Crippen molar-refractivity contribution < 1.29 is 9.59 Å². The van der Waals surface area contributed by atoms with Crippen LogP contribution < -0.4 is 5.73 Å². The Morgan fingerprint density at radius 3 is 2.61 bits per heavy atom. The number of hydrogen-bond donors (Lipinski definition) is 1. The maximum atomic E-state index is 12.1. The summed E-state index contributed by atoms with van der Waals surface area (Å²) >= 11 is 8.05. The Morgan fingerprint density at radius 2 is 1.94 bits per heavy atom. The number of thiocarbonyl (C=S) groups is 1. The van der Waals surface area contributed by atoms with Crippen molar-refractivity contribution in [1.29, 1.82) is 0 Å². The summed E-state index contributed by atoms with van der Waals surface area (Å²) in [4.78, 5) is 25.7. The number of amides is 2. The normalized spacial score (nSPS) is 13.9. The van der Waals surface area contributed by atoms with Crippen LogP contribution in [-0.2, 0) is 0 Å². The second-order valence-corrected chi connectivity index (χ2v) is 5.46. The van der Waals surface area contributed by atoms with Gasteiger partial charge in [-0.25, -0.2) is 0 Å².